The number of alkyl halides is 2. The van der Waals surface area contributed by atoms with Crippen molar-refractivity contribution in [1.29, 1.82) is 0 Å². The third kappa shape index (κ3) is 10.1. The summed E-state index contributed by atoms with van der Waals surface area (Å²) in [6, 6.07) is 0. The summed E-state index contributed by atoms with van der Waals surface area (Å²) in [6.07, 6.45) is 3.29. The second-order valence-corrected chi connectivity index (χ2v) is 5.68. The van der Waals surface area contributed by atoms with Crippen molar-refractivity contribution in [2.24, 2.45) is 0 Å². The number of hydrogen-bond donors (Lipinski definition) is 2. The second kappa shape index (κ2) is 10.4. The monoisotopic (exact) mass is 314 g/mol. The van der Waals surface area contributed by atoms with Crippen molar-refractivity contribution in [3.8, 4) is 0 Å². The zero-order valence-electron chi connectivity index (χ0n) is 10.3. The van der Waals surface area contributed by atoms with Crippen LogP contribution < -0.4 is 0 Å². The number of rotatable bonds is 10. The number of unbranched alkanes of at least 4 members (excludes halogenated alkanes) is 3. The molecule has 0 rings (SSSR count). The van der Waals surface area contributed by atoms with Crippen molar-refractivity contribution < 1.29 is 31.6 Å². The molecule has 112 valence electrons. The number of ether oxygens (including phenoxy) is 1. The summed E-state index contributed by atoms with van der Waals surface area (Å²) >= 11 is 0. The molecule has 0 aromatic heterocycles. The van der Waals surface area contributed by atoms with Crippen LogP contribution >= 0.6 is 0 Å². The summed E-state index contributed by atoms with van der Waals surface area (Å²) in [6.45, 7) is 0.200. The van der Waals surface area contributed by atoms with Gasteiger partial charge in [0.15, 0.2) is 0 Å². The van der Waals surface area contributed by atoms with Gasteiger partial charge in [0.2, 0.25) is 0 Å². The number of aliphatic hydroxyl groups excluding tert-OH is 1. The van der Waals surface area contributed by atoms with Crippen LogP contribution in [0.15, 0.2) is 0 Å². The SMILES string of the molecule is CCCCCCC(O)COCC(F)(F)S(=O)(=O)O.[NaH]. The van der Waals surface area contributed by atoms with Crippen molar-refractivity contribution >= 4 is 39.7 Å². The van der Waals surface area contributed by atoms with Gasteiger partial charge in [-0.3, -0.25) is 4.55 Å². The minimum atomic E-state index is -5.46. The van der Waals surface area contributed by atoms with Gasteiger partial charge in [-0.15, -0.1) is 0 Å². The molecule has 0 aliphatic heterocycles. The number of halogens is 2. The van der Waals surface area contributed by atoms with E-state index < -0.39 is 28.1 Å². The first-order valence-corrected chi connectivity index (χ1v) is 7.25. The fourth-order valence-electron chi connectivity index (χ4n) is 1.28. The molecule has 0 aliphatic rings. The Labute approximate surface area is 134 Å². The Morgan fingerprint density at radius 1 is 1.26 bits per heavy atom. The van der Waals surface area contributed by atoms with Gasteiger partial charge in [-0.25, -0.2) is 0 Å². The van der Waals surface area contributed by atoms with Crippen LogP contribution in [-0.2, 0) is 14.9 Å². The van der Waals surface area contributed by atoms with Gasteiger partial charge < -0.3 is 9.84 Å². The third-order valence-corrected chi connectivity index (χ3v) is 3.22. The van der Waals surface area contributed by atoms with E-state index in [1.54, 1.807) is 0 Å². The molecular formula is C10H21F2NaO5S. The van der Waals surface area contributed by atoms with Gasteiger partial charge in [-0.1, -0.05) is 32.6 Å². The molecule has 9 heteroatoms. The van der Waals surface area contributed by atoms with Gasteiger partial charge in [0.25, 0.3) is 0 Å². The molecule has 0 spiro atoms. The zero-order chi connectivity index (χ0) is 14.2. The molecule has 0 radical (unpaired) electrons. The second-order valence-electron chi connectivity index (χ2n) is 4.13. The molecule has 2 N–H and O–H groups in total. The first kappa shape index (κ1) is 22.0. The molecule has 0 bridgehead atoms. The molecule has 0 saturated carbocycles. The van der Waals surface area contributed by atoms with E-state index in [1.807, 2.05) is 6.92 Å². The van der Waals surface area contributed by atoms with Crippen molar-refractivity contribution in [2.45, 2.75) is 50.4 Å². The fraction of sp³-hybridized carbons (Fsp3) is 1.00. The van der Waals surface area contributed by atoms with Crippen LogP contribution in [0.1, 0.15) is 39.0 Å². The normalized spacial score (nSPS) is 13.9. The third-order valence-electron chi connectivity index (χ3n) is 2.35. The van der Waals surface area contributed by atoms with E-state index in [9.17, 15) is 22.3 Å². The molecular weight excluding hydrogens is 293 g/mol. The first-order chi connectivity index (χ1) is 8.20. The average Bonchev–Trinajstić information content (AvgIpc) is 2.22. The van der Waals surface area contributed by atoms with Gasteiger partial charge in [-0.2, -0.15) is 17.2 Å². The molecule has 0 aliphatic carbocycles. The maximum absolute atomic E-state index is 12.7. The van der Waals surface area contributed by atoms with E-state index in [-0.39, 0.29) is 36.2 Å². The standard InChI is InChI=1S/C10H20F2O5S.Na.H/c1-2-3-4-5-6-9(13)7-17-8-10(11,12)18(14,15)16;;/h9,13H,2-8H2,1H3,(H,14,15,16);;. The maximum atomic E-state index is 12.7. The Kier molecular flexibility index (Phi) is 12.1. The summed E-state index contributed by atoms with van der Waals surface area (Å²) in [7, 11) is -5.46. The molecule has 5 nitrogen and oxygen atoms in total. The fourth-order valence-corrected chi connectivity index (χ4v) is 1.51. The molecule has 19 heavy (non-hydrogen) atoms. The van der Waals surface area contributed by atoms with Crippen LogP contribution in [0.4, 0.5) is 8.78 Å². The van der Waals surface area contributed by atoms with Gasteiger partial charge >= 0.3 is 44.9 Å². The Bertz CT molecular complexity index is 324. The predicted octanol–water partition coefficient (Wildman–Crippen LogP) is 1.17. The minimum absolute atomic E-state index is 0. The Balaban J connectivity index is 0. The first-order valence-electron chi connectivity index (χ1n) is 5.81. The van der Waals surface area contributed by atoms with Crippen molar-refractivity contribution in [1.82, 2.24) is 0 Å². The van der Waals surface area contributed by atoms with E-state index >= 15 is 0 Å². The predicted molar refractivity (Wildman–Crippen MR) is 69.2 cm³/mol. The van der Waals surface area contributed by atoms with Crippen LogP contribution in [0.3, 0.4) is 0 Å². The van der Waals surface area contributed by atoms with Crippen LogP contribution in [0.2, 0.25) is 0 Å². The van der Waals surface area contributed by atoms with Crippen molar-refractivity contribution in [3.05, 3.63) is 0 Å². The van der Waals surface area contributed by atoms with Gasteiger partial charge in [0.05, 0.1) is 12.7 Å². The molecule has 0 heterocycles. The van der Waals surface area contributed by atoms with Crippen LogP contribution in [0.5, 0.6) is 0 Å². The van der Waals surface area contributed by atoms with E-state index in [4.69, 9.17) is 4.55 Å². The molecule has 0 fully saturated rings. The summed E-state index contributed by atoms with van der Waals surface area (Å²) in [5.74, 6) is 0. The quantitative estimate of drug-likeness (QED) is 0.359. The molecule has 0 aromatic carbocycles. The zero-order valence-corrected chi connectivity index (χ0v) is 11.1. The van der Waals surface area contributed by atoms with Gasteiger partial charge in [0.1, 0.15) is 6.61 Å². The van der Waals surface area contributed by atoms with Gasteiger partial charge in [0, 0.05) is 0 Å². The molecule has 1 unspecified atom stereocenters. The van der Waals surface area contributed by atoms with E-state index in [0.717, 1.165) is 25.7 Å². The van der Waals surface area contributed by atoms with Crippen LogP contribution in [-0.4, -0.2) is 72.2 Å². The molecule has 1 atom stereocenters. The Morgan fingerprint density at radius 2 is 1.84 bits per heavy atom. The Morgan fingerprint density at radius 3 is 2.32 bits per heavy atom. The number of hydrogen-bond acceptors (Lipinski definition) is 4. The molecule has 0 amide bonds. The van der Waals surface area contributed by atoms with Crippen LogP contribution in [0.25, 0.3) is 0 Å². The van der Waals surface area contributed by atoms with Gasteiger partial charge in [-0.05, 0) is 6.42 Å². The molecule has 0 aromatic rings. The Hall–Kier alpha value is 0.690. The summed E-state index contributed by atoms with van der Waals surface area (Å²) < 4.78 is 58.4. The van der Waals surface area contributed by atoms with E-state index in [1.165, 1.54) is 0 Å². The average molecular weight is 314 g/mol. The van der Waals surface area contributed by atoms with Crippen molar-refractivity contribution in [2.75, 3.05) is 13.2 Å². The van der Waals surface area contributed by atoms with Crippen LogP contribution in [0, 0.1) is 0 Å². The summed E-state index contributed by atoms with van der Waals surface area (Å²) in [5, 5.41) is 5.03. The molecule has 0 saturated heterocycles. The summed E-state index contributed by atoms with van der Waals surface area (Å²) in [4.78, 5) is 0. The van der Waals surface area contributed by atoms with E-state index in [0.29, 0.717) is 6.42 Å². The topological polar surface area (TPSA) is 83.8 Å². The number of aliphatic hydroxyl groups is 1. The van der Waals surface area contributed by atoms with E-state index in [2.05, 4.69) is 4.74 Å². The summed E-state index contributed by atoms with van der Waals surface area (Å²) in [5.41, 5.74) is 0. The van der Waals surface area contributed by atoms with Crippen molar-refractivity contribution in [3.63, 3.8) is 0 Å².